The molecule has 0 fully saturated rings. The van der Waals surface area contributed by atoms with Crippen LogP contribution in [-0.4, -0.2) is 41.6 Å². The average molecular weight is 249 g/mol. The molecule has 0 saturated carbocycles. The Morgan fingerprint density at radius 1 is 1.50 bits per heavy atom. The number of halogens is 1. The van der Waals surface area contributed by atoms with Crippen LogP contribution in [0.1, 0.15) is 13.8 Å². The summed E-state index contributed by atoms with van der Waals surface area (Å²) in [6.07, 6.45) is 0. The fraction of sp³-hybridized carbons (Fsp3) is 0.600. The molecule has 92 valence electrons. The fourth-order valence-corrected chi connectivity index (χ4v) is 1.17. The van der Waals surface area contributed by atoms with E-state index in [-0.39, 0.29) is 19.0 Å². The van der Waals surface area contributed by atoms with Crippen molar-refractivity contribution in [2.75, 3.05) is 19.6 Å². The van der Waals surface area contributed by atoms with Crippen molar-refractivity contribution in [1.29, 1.82) is 0 Å². The third-order valence-corrected chi connectivity index (χ3v) is 1.76. The highest BCUT2D eigenvalue weighted by Crippen LogP contribution is 2.00. The molecular weight excluding hydrogens is 232 g/mol. The standard InChI is InChI=1S/C10H17ClN2O3/c1-7(2)5-13(6-9(14)15)10(16)12-4-8(3)11/h7H,3-6H2,1-2H3,(H,12,16)(H,14,15). The molecule has 5 nitrogen and oxygen atoms in total. The molecule has 6 heteroatoms. The summed E-state index contributed by atoms with van der Waals surface area (Å²) in [5.41, 5.74) is 0. The van der Waals surface area contributed by atoms with Crippen molar-refractivity contribution < 1.29 is 14.7 Å². The molecule has 0 saturated heterocycles. The van der Waals surface area contributed by atoms with E-state index >= 15 is 0 Å². The highest BCUT2D eigenvalue weighted by molar-refractivity contribution is 6.29. The van der Waals surface area contributed by atoms with Gasteiger partial charge < -0.3 is 15.3 Å². The number of rotatable bonds is 6. The Balaban J connectivity index is 4.31. The number of carbonyl (C=O) groups is 2. The molecule has 0 aromatic heterocycles. The van der Waals surface area contributed by atoms with Gasteiger partial charge in [0.15, 0.2) is 0 Å². The Labute approximate surface area is 100 Å². The lowest BCUT2D eigenvalue weighted by Gasteiger charge is -2.22. The monoisotopic (exact) mass is 248 g/mol. The van der Waals surface area contributed by atoms with Crippen LogP contribution in [0.5, 0.6) is 0 Å². The molecule has 0 aliphatic heterocycles. The predicted octanol–water partition coefficient (Wildman–Crippen LogP) is 1.49. The van der Waals surface area contributed by atoms with Gasteiger partial charge in [0.25, 0.3) is 0 Å². The van der Waals surface area contributed by atoms with Crippen molar-refractivity contribution in [3.63, 3.8) is 0 Å². The number of nitrogens with zero attached hydrogens (tertiary/aromatic N) is 1. The first-order valence-electron chi connectivity index (χ1n) is 4.90. The van der Waals surface area contributed by atoms with Crippen molar-refractivity contribution in [2.45, 2.75) is 13.8 Å². The first kappa shape index (κ1) is 14.8. The van der Waals surface area contributed by atoms with Crippen LogP contribution in [0.3, 0.4) is 0 Å². The molecule has 2 N–H and O–H groups in total. The number of urea groups is 1. The van der Waals surface area contributed by atoms with Crippen molar-refractivity contribution in [1.82, 2.24) is 10.2 Å². The number of carboxylic acid groups (broad SMARTS) is 1. The molecule has 2 amide bonds. The van der Waals surface area contributed by atoms with Crippen LogP contribution >= 0.6 is 11.6 Å². The van der Waals surface area contributed by atoms with Crippen LogP contribution in [0.4, 0.5) is 4.79 Å². The van der Waals surface area contributed by atoms with E-state index in [0.717, 1.165) is 0 Å². The zero-order valence-electron chi connectivity index (χ0n) is 9.49. The number of hydrogen-bond donors (Lipinski definition) is 2. The molecule has 16 heavy (non-hydrogen) atoms. The molecule has 0 spiro atoms. The Kier molecular flexibility index (Phi) is 6.56. The van der Waals surface area contributed by atoms with Crippen LogP contribution in [0, 0.1) is 5.92 Å². The van der Waals surface area contributed by atoms with E-state index in [2.05, 4.69) is 11.9 Å². The molecule has 0 aliphatic rings. The van der Waals surface area contributed by atoms with Gasteiger partial charge in [0.05, 0.1) is 6.54 Å². The smallest absolute Gasteiger partial charge is 0.323 e. The highest BCUT2D eigenvalue weighted by atomic mass is 35.5. The third-order valence-electron chi connectivity index (χ3n) is 1.63. The van der Waals surface area contributed by atoms with Crippen molar-refractivity contribution in [2.24, 2.45) is 5.92 Å². The van der Waals surface area contributed by atoms with E-state index < -0.39 is 12.0 Å². The van der Waals surface area contributed by atoms with Crippen LogP contribution < -0.4 is 5.32 Å². The molecule has 0 radical (unpaired) electrons. The minimum atomic E-state index is -1.04. The third kappa shape index (κ3) is 7.11. The summed E-state index contributed by atoms with van der Waals surface area (Å²) >= 11 is 5.49. The number of hydrogen-bond acceptors (Lipinski definition) is 2. The van der Waals surface area contributed by atoms with E-state index in [1.807, 2.05) is 13.8 Å². The molecule has 0 heterocycles. The quantitative estimate of drug-likeness (QED) is 0.748. The van der Waals surface area contributed by atoms with E-state index in [4.69, 9.17) is 16.7 Å². The second-order valence-electron chi connectivity index (χ2n) is 3.84. The minimum Gasteiger partial charge on any atom is -0.480 e. The summed E-state index contributed by atoms with van der Waals surface area (Å²) in [5, 5.41) is 11.4. The molecule has 0 atom stereocenters. The maximum absolute atomic E-state index is 11.6. The Morgan fingerprint density at radius 2 is 2.06 bits per heavy atom. The van der Waals surface area contributed by atoms with Crippen molar-refractivity contribution in [3.05, 3.63) is 11.6 Å². The molecule has 0 bridgehead atoms. The van der Waals surface area contributed by atoms with Gasteiger partial charge in [0, 0.05) is 11.6 Å². The maximum Gasteiger partial charge on any atom is 0.323 e. The van der Waals surface area contributed by atoms with Gasteiger partial charge in [-0.15, -0.1) is 0 Å². The summed E-state index contributed by atoms with van der Waals surface area (Å²) in [5.74, 6) is -0.843. The van der Waals surface area contributed by atoms with E-state index in [9.17, 15) is 9.59 Å². The number of amides is 2. The Hall–Kier alpha value is -1.23. The predicted molar refractivity (Wildman–Crippen MR) is 62.4 cm³/mol. The number of carboxylic acids is 1. The van der Waals surface area contributed by atoms with Gasteiger partial charge in [-0.05, 0) is 5.92 Å². The van der Waals surface area contributed by atoms with Crippen LogP contribution in [0.25, 0.3) is 0 Å². The lowest BCUT2D eigenvalue weighted by molar-refractivity contribution is -0.137. The zero-order chi connectivity index (χ0) is 12.7. The molecule has 0 aromatic carbocycles. The highest BCUT2D eigenvalue weighted by Gasteiger charge is 2.17. The first-order chi connectivity index (χ1) is 7.32. The SMILES string of the molecule is C=C(Cl)CNC(=O)N(CC(=O)O)CC(C)C. The van der Waals surface area contributed by atoms with Gasteiger partial charge in [-0.2, -0.15) is 0 Å². The fourth-order valence-electron chi connectivity index (χ4n) is 1.11. The zero-order valence-corrected chi connectivity index (χ0v) is 10.3. The first-order valence-corrected chi connectivity index (χ1v) is 5.28. The summed E-state index contributed by atoms with van der Waals surface area (Å²) in [4.78, 5) is 23.4. The Morgan fingerprint density at radius 3 is 2.44 bits per heavy atom. The van der Waals surface area contributed by atoms with E-state index in [1.165, 1.54) is 4.90 Å². The van der Waals surface area contributed by atoms with Gasteiger partial charge in [-0.25, -0.2) is 4.79 Å². The van der Waals surface area contributed by atoms with E-state index in [1.54, 1.807) is 0 Å². The van der Waals surface area contributed by atoms with E-state index in [0.29, 0.717) is 11.6 Å². The normalized spacial score (nSPS) is 10.0. The molecular formula is C10H17ClN2O3. The lowest BCUT2D eigenvalue weighted by atomic mass is 10.2. The summed E-state index contributed by atoms with van der Waals surface area (Å²) in [7, 11) is 0. The Bertz CT molecular complexity index is 279. The molecule has 0 aliphatic carbocycles. The second kappa shape index (κ2) is 7.11. The molecule has 0 rings (SSSR count). The van der Waals surface area contributed by atoms with Crippen LogP contribution in [-0.2, 0) is 4.79 Å². The van der Waals surface area contributed by atoms with Gasteiger partial charge in [-0.3, -0.25) is 4.79 Å². The van der Waals surface area contributed by atoms with Gasteiger partial charge in [0.2, 0.25) is 0 Å². The lowest BCUT2D eigenvalue weighted by Crippen LogP contribution is -2.44. The number of aliphatic carboxylic acids is 1. The van der Waals surface area contributed by atoms with Crippen LogP contribution in [0.15, 0.2) is 11.6 Å². The topological polar surface area (TPSA) is 69.6 Å². The molecule has 0 aromatic rings. The van der Waals surface area contributed by atoms with Crippen LogP contribution in [0.2, 0.25) is 0 Å². The van der Waals surface area contributed by atoms with Gasteiger partial charge in [0.1, 0.15) is 6.54 Å². The number of nitrogens with one attached hydrogen (secondary N) is 1. The van der Waals surface area contributed by atoms with Crippen molar-refractivity contribution in [3.8, 4) is 0 Å². The minimum absolute atomic E-state index is 0.134. The van der Waals surface area contributed by atoms with Crippen molar-refractivity contribution >= 4 is 23.6 Å². The summed E-state index contributed by atoms with van der Waals surface area (Å²) in [6, 6.07) is -0.446. The summed E-state index contributed by atoms with van der Waals surface area (Å²) in [6.45, 7) is 7.43. The van der Waals surface area contributed by atoms with Gasteiger partial charge in [-0.1, -0.05) is 32.0 Å². The largest absolute Gasteiger partial charge is 0.480 e. The maximum atomic E-state index is 11.6. The summed E-state index contributed by atoms with van der Waals surface area (Å²) < 4.78 is 0. The average Bonchev–Trinajstić information content (AvgIpc) is 2.11. The van der Waals surface area contributed by atoms with Gasteiger partial charge >= 0.3 is 12.0 Å². The number of carbonyl (C=O) groups excluding carboxylic acids is 1. The second-order valence-corrected chi connectivity index (χ2v) is 4.38. The molecule has 0 unspecified atom stereocenters.